The van der Waals surface area contributed by atoms with Crippen molar-refractivity contribution in [1.29, 1.82) is 0 Å². The summed E-state index contributed by atoms with van der Waals surface area (Å²) in [5.41, 5.74) is 2.21. The van der Waals surface area contributed by atoms with Crippen LogP contribution in [0, 0.1) is 12.7 Å². The first-order valence-corrected chi connectivity index (χ1v) is 11.9. The van der Waals surface area contributed by atoms with Gasteiger partial charge in [0.15, 0.2) is 0 Å². The number of fused-ring (bicyclic) bond motifs is 2. The fourth-order valence-corrected chi connectivity index (χ4v) is 5.09. The average molecular weight is 465 g/mol. The van der Waals surface area contributed by atoms with Crippen LogP contribution in [0.1, 0.15) is 31.0 Å². The summed E-state index contributed by atoms with van der Waals surface area (Å²) in [6.07, 6.45) is 1.57. The number of rotatable bonds is 4. The molecule has 0 aliphatic carbocycles. The highest BCUT2D eigenvalue weighted by Gasteiger charge is 2.25. The summed E-state index contributed by atoms with van der Waals surface area (Å²) >= 11 is 1.58. The number of halogens is 1. The summed E-state index contributed by atoms with van der Waals surface area (Å²) in [5.74, 6) is 1.41. The second kappa shape index (κ2) is 8.55. The summed E-state index contributed by atoms with van der Waals surface area (Å²) in [5, 5.41) is 7.42. The lowest BCUT2D eigenvalue weighted by Crippen LogP contribution is -2.48. The number of nitrogens with zero attached hydrogens (tertiary/aromatic N) is 5. The minimum absolute atomic E-state index is 0.0813. The number of thiophene rings is 1. The van der Waals surface area contributed by atoms with E-state index in [9.17, 15) is 9.18 Å². The van der Waals surface area contributed by atoms with Crippen LogP contribution in [0.2, 0.25) is 0 Å². The fourth-order valence-electron chi connectivity index (χ4n) is 4.36. The summed E-state index contributed by atoms with van der Waals surface area (Å²) in [7, 11) is 0. The van der Waals surface area contributed by atoms with E-state index in [1.165, 1.54) is 6.07 Å². The monoisotopic (exact) mass is 464 g/mol. The molecule has 1 atom stereocenters. The van der Waals surface area contributed by atoms with Crippen molar-refractivity contribution in [3.63, 3.8) is 0 Å². The molecule has 0 saturated carbocycles. The predicted octanol–water partition coefficient (Wildman–Crippen LogP) is 4.53. The average Bonchev–Trinajstić information content (AvgIpc) is 3.31. The van der Waals surface area contributed by atoms with Gasteiger partial charge in [0.25, 0.3) is 0 Å². The Morgan fingerprint density at radius 2 is 1.97 bits per heavy atom. The van der Waals surface area contributed by atoms with Gasteiger partial charge in [-0.25, -0.2) is 19.3 Å². The van der Waals surface area contributed by atoms with Gasteiger partial charge in [-0.05, 0) is 43.5 Å². The maximum absolute atomic E-state index is 14.3. The van der Waals surface area contributed by atoms with Crippen molar-refractivity contribution in [2.75, 3.05) is 36.4 Å². The Morgan fingerprint density at radius 3 is 2.73 bits per heavy atom. The van der Waals surface area contributed by atoms with Crippen LogP contribution in [0.4, 0.5) is 16.0 Å². The molecule has 1 aromatic carbocycles. The number of hydrogen-bond acceptors (Lipinski definition) is 7. The third-order valence-electron chi connectivity index (χ3n) is 6.29. The Bertz CT molecular complexity index is 1350. The highest BCUT2D eigenvalue weighted by atomic mass is 32.1. The summed E-state index contributed by atoms with van der Waals surface area (Å²) in [6, 6.07) is 7.27. The van der Waals surface area contributed by atoms with Crippen molar-refractivity contribution >= 4 is 50.0 Å². The van der Waals surface area contributed by atoms with Crippen LogP contribution >= 0.6 is 11.3 Å². The molecule has 1 aliphatic heterocycles. The van der Waals surface area contributed by atoms with Gasteiger partial charge < -0.3 is 15.1 Å². The van der Waals surface area contributed by atoms with Crippen LogP contribution in [-0.2, 0) is 4.79 Å². The zero-order chi connectivity index (χ0) is 23.1. The van der Waals surface area contributed by atoms with E-state index in [1.54, 1.807) is 37.6 Å². The second-order valence-electron chi connectivity index (χ2n) is 8.37. The van der Waals surface area contributed by atoms with Gasteiger partial charge in [-0.1, -0.05) is 0 Å². The SMILES string of the molecule is CC(=O)N1CCN(c2nc3c(C)c(F)ccc3cc2[C@H](C)Nc2ncnc3sccc23)CC1. The van der Waals surface area contributed by atoms with Gasteiger partial charge in [0.05, 0.1) is 16.9 Å². The molecule has 1 N–H and O–H groups in total. The van der Waals surface area contributed by atoms with Crippen LogP contribution in [0.3, 0.4) is 0 Å². The number of piperazine rings is 1. The summed E-state index contributed by atoms with van der Waals surface area (Å²) < 4.78 is 14.3. The van der Waals surface area contributed by atoms with Gasteiger partial charge in [-0.15, -0.1) is 11.3 Å². The molecule has 1 amide bonds. The molecule has 5 rings (SSSR count). The van der Waals surface area contributed by atoms with E-state index in [2.05, 4.69) is 33.2 Å². The van der Waals surface area contributed by atoms with Crippen LogP contribution in [0.5, 0.6) is 0 Å². The van der Waals surface area contributed by atoms with Gasteiger partial charge in [-0.2, -0.15) is 0 Å². The standard InChI is InChI=1S/C24H25FN6OS/c1-14-20(25)5-4-17-12-19(15(2)28-22-18-6-11-33-24(18)27-13-26-22)23(29-21(14)17)31-9-7-30(8-10-31)16(3)32/h4-6,11-13,15H,7-10H2,1-3H3,(H,26,27,28)/t15-/m0/s1. The Kier molecular flexibility index (Phi) is 5.57. The Balaban J connectivity index is 1.56. The first kappa shape index (κ1) is 21.5. The molecule has 0 spiro atoms. The highest BCUT2D eigenvalue weighted by molar-refractivity contribution is 7.16. The summed E-state index contributed by atoms with van der Waals surface area (Å²) in [6.45, 7) is 8.07. The van der Waals surface area contributed by atoms with Gasteiger partial charge in [0.2, 0.25) is 5.91 Å². The number of amides is 1. The number of carbonyl (C=O) groups excluding carboxylic acids is 1. The van der Waals surface area contributed by atoms with Gasteiger partial charge in [0, 0.05) is 49.6 Å². The van der Waals surface area contributed by atoms with Crippen molar-refractivity contribution in [2.45, 2.75) is 26.8 Å². The first-order chi connectivity index (χ1) is 15.9. The van der Waals surface area contributed by atoms with E-state index >= 15 is 0 Å². The third kappa shape index (κ3) is 3.97. The van der Waals surface area contributed by atoms with E-state index in [0.29, 0.717) is 37.3 Å². The largest absolute Gasteiger partial charge is 0.363 e. The highest BCUT2D eigenvalue weighted by Crippen LogP contribution is 2.34. The number of carbonyl (C=O) groups is 1. The lowest BCUT2D eigenvalue weighted by atomic mass is 10.0. The van der Waals surface area contributed by atoms with Gasteiger partial charge in [0.1, 0.15) is 28.6 Å². The van der Waals surface area contributed by atoms with E-state index in [1.807, 2.05) is 16.3 Å². The number of nitrogens with one attached hydrogen (secondary N) is 1. The van der Waals surface area contributed by atoms with Crippen molar-refractivity contribution in [2.24, 2.45) is 0 Å². The fraction of sp³-hybridized carbons (Fsp3) is 0.333. The van der Waals surface area contributed by atoms with E-state index in [4.69, 9.17) is 4.98 Å². The molecule has 0 unspecified atom stereocenters. The van der Waals surface area contributed by atoms with E-state index in [-0.39, 0.29) is 17.8 Å². The number of pyridine rings is 1. The third-order valence-corrected chi connectivity index (χ3v) is 7.11. The molecule has 1 aliphatic rings. The normalized spacial score (nSPS) is 15.3. The van der Waals surface area contributed by atoms with Crippen LogP contribution < -0.4 is 10.2 Å². The maximum atomic E-state index is 14.3. The molecule has 9 heteroatoms. The van der Waals surface area contributed by atoms with Crippen molar-refractivity contribution in [3.8, 4) is 0 Å². The lowest BCUT2D eigenvalue weighted by molar-refractivity contribution is -0.129. The van der Waals surface area contributed by atoms with Crippen LogP contribution in [0.15, 0.2) is 36.0 Å². The molecule has 1 fully saturated rings. The molecule has 0 radical (unpaired) electrons. The summed E-state index contributed by atoms with van der Waals surface area (Å²) in [4.78, 5) is 30.5. The van der Waals surface area contributed by atoms with Crippen LogP contribution in [0.25, 0.3) is 21.1 Å². The number of aryl methyl sites for hydroxylation is 1. The number of aromatic nitrogens is 3. The minimum Gasteiger partial charge on any atom is -0.363 e. The van der Waals surface area contributed by atoms with Crippen LogP contribution in [-0.4, -0.2) is 51.9 Å². The first-order valence-electron chi connectivity index (χ1n) is 11.0. The van der Waals surface area contributed by atoms with E-state index in [0.717, 1.165) is 32.8 Å². The molecule has 3 aromatic heterocycles. The Hall–Kier alpha value is -3.33. The molecule has 7 nitrogen and oxygen atoms in total. The van der Waals surface area contributed by atoms with Gasteiger partial charge in [-0.3, -0.25) is 4.79 Å². The quantitative estimate of drug-likeness (QED) is 0.478. The van der Waals surface area contributed by atoms with Crippen molar-refractivity contribution in [1.82, 2.24) is 19.9 Å². The molecule has 33 heavy (non-hydrogen) atoms. The Morgan fingerprint density at radius 1 is 1.18 bits per heavy atom. The van der Waals surface area contributed by atoms with Crippen molar-refractivity contribution < 1.29 is 9.18 Å². The minimum atomic E-state index is -0.262. The molecule has 4 heterocycles. The molecule has 1 saturated heterocycles. The Labute approximate surface area is 195 Å². The second-order valence-corrected chi connectivity index (χ2v) is 9.26. The predicted molar refractivity (Wildman–Crippen MR) is 130 cm³/mol. The van der Waals surface area contributed by atoms with E-state index < -0.39 is 0 Å². The molecular formula is C24H25FN6OS. The smallest absolute Gasteiger partial charge is 0.219 e. The zero-order valence-corrected chi connectivity index (χ0v) is 19.6. The maximum Gasteiger partial charge on any atom is 0.219 e. The topological polar surface area (TPSA) is 74.2 Å². The molecule has 0 bridgehead atoms. The van der Waals surface area contributed by atoms with Crippen molar-refractivity contribution in [3.05, 3.63) is 52.9 Å². The molecule has 4 aromatic rings. The zero-order valence-electron chi connectivity index (χ0n) is 18.8. The molecule has 170 valence electrons. The van der Waals surface area contributed by atoms with Gasteiger partial charge >= 0.3 is 0 Å². The lowest BCUT2D eigenvalue weighted by Gasteiger charge is -2.36. The number of benzene rings is 1. The number of anilines is 2. The molecular weight excluding hydrogens is 439 g/mol. The number of hydrogen-bond donors (Lipinski definition) is 1.